The Morgan fingerprint density at radius 3 is 2.15 bits per heavy atom. The highest BCUT2D eigenvalue weighted by Crippen LogP contribution is 2.28. The molecule has 0 radical (unpaired) electrons. The molecular formula is C31H54N4O12S. The second kappa shape index (κ2) is 26.1. The molecule has 1 aliphatic rings. The molecule has 0 aliphatic carbocycles. The topological polar surface area (TPSA) is 208 Å². The molecule has 0 aromatic heterocycles. The molecule has 16 nitrogen and oxygen atoms in total. The first-order chi connectivity index (χ1) is 23.0. The van der Waals surface area contributed by atoms with Crippen molar-refractivity contribution in [3.8, 4) is 0 Å². The first-order valence-corrected chi connectivity index (χ1v) is 17.3. The third-order valence-corrected chi connectivity index (χ3v) is 8.06. The van der Waals surface area contributed by atoms with E-state index in [9.17, 15) is 33.9 Å². The van der Waals surface area contributed by atoms with Crippen LogP contribution in [0.25, 0.3) is 0 Å². The van der Waals surface area contributed by atoms with E-state index in [1.807, 2.05) is 20.8 Å². The zero-order valence-corrected chi connectivity index (χ0v) is 29.4. The second-order valence-electron chi connectivity index (χ2n) is 11.1. The van der Waals surface area contributed by atoms with Gasteiger partial charge in [0.2, 0.25) is 29.5 Å². The van der Waals surface area contributed by atoms with Crippen LogP contribution in [-0.4, -0.2) is 141 Å². The lowest BCUT2D eigenvalue weighted by atomic mass is 10.2. The lowest BCUT2D eigenvalue weighted by Crippen LogP contribution is -2.36. The third kappa shape index (κ3) is 19.9. The highest BCUT2D eigenvalue weighted by Gasteiger charge is 2.39. The van der Waals surface area contributed by atoms with E-state index >= 15 is 0 Å². The number of carbonyl (C=O) groups excluding carboxylic acids is 6. The maximum absolute atomic E-state index is 12.4. The van der Waals surface area contributed by atoms with Crippen molar-refractivity contribution in [2.24, 2.45) is 0 Å². The number of aliphatic hydroxyl groups excluding tert-OH is 1. The molecule has 1 rings (SSSR count). The molecule has 5 amide bonds. The van der Waals surface area contributed by atoms with Gasteiger partial charge in [-0.1, -0.05) is 20.8 Å². The fourth-order valence-corrected chi connectivity index (χ4v) is 5.37. The van der Waals surface area contributed by atoms with Crippen LogP contribution in [0.5, 0.6) is 0 Å². The number of likely N-dealkylation sites (tertiary alicyclic amines) is 1. The highest BCUT2D eigenvalue weighted by atomic mass is 32.2. The van der Waals surface area contributed by atoms with Crippen molar-refractivity contribution in [1.29, 1.82) is 0 Å². The van der Waals surface area contributed by atoms with E-state index in [2.05, 4.69) is 16.0 Å². The summed E-state index contributed by atoms with van der Waals surface area (Å²) in [6.45, 7) is 7.32. The molecule has 3 atom stereocenters. The Labute approximate surface area is 287 Å². The summed E-state index contributed by atoms with van der Waals surface area (Å²) in [6, 6.07) is 0. The first kappa shape index (κ1) is 43.2. The molecule has 3 unspecified atom stereocenters. The molecule has 0 aromatic rings. The normalized spacial score (nSPS) is 15.8. The number of amides is 5. The fraction of sp³-hybridized carbons (Fsp3) is 0.806. The Balaban J connectivity index is 1.96. The lowest BCUT2D eigenvalue weighted by molar-refractivity contribution is -0.194. The number of rotatable bonds is 28. The van der Waals surface area contributed by atoms with Crippen LogP contribution < -0.4 is 16.0 Å². The summed E-state index contributed by atoms with van der Waals surface area (Å²) < 4.78 is 26.4. The maximum Gasteiger partial charge on any atom is 0.305 e. The molecule has 0 saturated carbocycles. The minimum Gasteiger partial charge on any atom is -0.460 e. The maximum atomic E-state index is 12.4. The van der Waals surface area contributed by atoms with E-state index in [4.69, 9.17) is 23.7 Å². The molecule has 1 saturated heterocycles. The zero-order chi connectivity index (χ0) is 35.7. The summed E-state index contributed by atoms with van der Waals surface area (Å²) >= 11 is 1.46. The Kier molecular flexibility index (Phi) is 23.5. The van der Waals surface area contributed by atoms with Crippen molar-refractivity contribution in [3.63, 3.8) is 0 Å². The van der Waals surface area contributed by atoms with Crippen molar-refractivity contribution in [3.05, 3.63) is 0 Å². The van der Waals surface area contributed by atoms with Crippen LogP contribution in [0.4, 0.5) is 0 Å². The lowest BCUT2D eigenvalue weighted by Gasteiger charge is -2.21. The third-order valence-electron chi connectivity index (χ3n) is 6.82. The van der Waals surface area contributed by atoms with Crippen LogP contribution in [0.15, 0.2) is 0 Å². The van der Waals surface area contributed by atoms with Crippen molar-refractivity contribution in [2.75, 3.05) is 72.9 Å². The Bertz CT molecular complexity index is 999. The van der Waals surface area contributed by atoms with Gasteiger partial charge in [0, 0.05) is 65.4 Å². The van der Waals surface area contributed by atoms with E-state index in [0.29, 0.717) is 12.8 Å². The zero-order valence-electron chi connectivity index (χ0n) is 28.6. The van der Waals surface area contributed by atoms with Crippen molar-refractivity contribution in [2.45, 2.75) is 88.6 Å². The van der Waals surface area contributed by atoms with Crippen LogP contribution in [-0.2, 0) is 52.5 Å². The van der Waals surface area contributed by atoms with E-state index in [0.717, 1.165) is 0 Å². The van der Waals surface area contributed by atoms with Gasteiger partial charge in [-0.15, -0.1) is 11.8 Å². The van der Waals surface area contributed by atoms with Crippen molar-refractivity contribution < 1.29 is 57.6 Å². The molecular weight excluding hydrogens is 652 g/mol. The number of hydrogen-bond donors (Lipinski definition) is 4. The number of imide groups is 1. The molecule has 0 aromatic carbocycles. The summed E-state index contributed by atoms with van der Waals surface area (Å²) in [4.78, 5) is 73.5. The largest absolute Gasteiger partial charge is 0.460 e. The summed E-state index contributed by atoms with van der Waals surface area (Å²) in [5, 5.41) is 17.1. The van der Waals surface area contributed by atoms with Crippen LogP contribution in [0.2, 0.25) is 0 Å². The smallest absolute Gasteiger partial charge is 0.305 e. The molecule has 1 heterocycles. The number of thioether (sulfide) groups is 1. The number of aliphatic hydroxyl groups is 1. The molecule has 0 bridgehead atoms. The van der Waals surface area contributed by atoms with Crippen molar-refractivity contribution in [1.82, 2.24) is 20.9 Å². The fourth-order valence-electron chi connectivity index (χ4n) is 4.23. The molecule has 48 heavy (non-hydrogen) atoms. The average Bonchev–Trinajstić information content (AvgIpc) is 3.31. The van der Waals surface area contributed by atoms with Gasteiger partial charge < -0.3 is 44.7 Å². The molecule has 1 fully saturated rings. The van der Waals surface area contributed by atoms with Gasteiger partial charge in [-0.3, -0.25) is 33.7 Å². The van der Waals surface area contributed by atoms with Gasteiger partial charge in [0.05, 0.1) is 44.4 Å². The summed E-state index contributed by atoms with van der Waals surface area (Å²) in [5.41, 5.74) is 0. The summed E-state index contributed by atoms with van der Waals surface area (Å²) in [7, 11) is 1.41. The van der Waals surface area contributed by atoms with E-state index < -0.39 is 18.4 Å². The molecule has 4 N–H and O–H groups in total. The van der Waals surface area contributed by atoms with E-state index in [-0.39, 0.29) is 138 Å². The molecule has 0 spiro atoms. The number of hydrogen-bond acceptors (Lipinski definition) is 13. The van der Waals surface area contributed by atoms with Crippen LogP contribution in [0, 0.1) is 0 Å². The van der Waals surface area contributed by atoms with Gasteiger partial charge in [-0.2, -0.15) is 0 Å². The van der Waals surface area contributed by atoms with Gasteiger partial charge in [0.25, 0.3) is 0 Å². The molecule has 17 heteroatoms. The summed E-state index contributed by atoms with van der Waals surface area (Å²) in [5.74, 6) is -1.72. The van der Waals surface area contributed by atoms with Gasteiger partial charge in [-0.05, 0) is 18.1 Å². The highest BCUT2D eigenvalue weighted by molar-refractivity contribution is 8.01. The van der Waals surface area contributed by atoms with Gasteiger partial charge in [0.15, 0.2) is 6.29 Å². The standard InChI is InChI=1S/C31H54N4O12S/c1-5-23(20-36)47-30(43-4)21-46-29(41)8-6-7-25(37)32-11-12-33-27(39)10-15-44-17-18-45-16-13-34-26(38)9-14-35-28(40)19-24(31(35)42)48-22(2)3/h22-24,30,36H,5-21H2,1-4H3,(H,32,37)(H,33,39)(H,34,38). The second-order valence-corrected chi connectivity index (χ2v) is 12.9. The number of methoxy groups -OCH3 is 1. The number of ether oxygens (including phenoxy) is 5. The Hall–Kier alpha value is -2.83. The number of esters is 1. The predicted molar refractivity (Wildman–Crippen MR) is 176 cm³/mol. The molecule has 276 valence electrons. The SMILES string of the molecule is CCC(CO)OC(COC(=O)CCCC(=O)NCCNC(=O)CCOCCOCCNC(=O)CCN1C(=O)CC(SC(C)C)C1=O)OC. The van der Waals surface area contributed by atoms with Crippen LogP contribution in [0.3, 0.4) is 0 Å². The quantitative estimate of drug-likeness (QED) is 0.0363. The van der Waals surface area contributed by atoms with Gasteiger partial charge in [-0.25, -0.2) is 0 Å². The number of carbonyl (C=O) groups is 6. The van der Waals surface area contributed by atoms with E-state index in [1.165, 1.54) is 23.8 Å². The number of nitrogens with one attached hydrogen (secondary N) is 3. The number of nitrogens with zero attached hydrogens (tertiary/aromatic N) is 1. The van der Waals surface area contributed by atoms with Crippen molar-refractivity contribution >= 4 is 47.3 Å². The predicted octanol–water partition coefficient (Wildman–Crippen LogP) is -0.109. The Morgan fingerprint density at radius 1 is 0.896 bits per heavy atom. The van der Waals surface area contributed by atoms with E-state index in [1.54, 1.807) is 0 Å². The van der Waals surface area contributed by atoms with Gasteiger partial charge >= 0.3 is 5.97 Å². The van der Waals surface area contributed by atoms with Crippen LogP contribution >= 0.6 is 11.8 Å². The monoisotopic (exact) mass is 706 g/mol. The minimum atomic E-state index is -0.784. The molecule has 1 aliphatic heterocycles. The van der Waals surface area contributed by atoms with Gasteiger partial charge in [0.1, 0.15) is 6.61 Å². The van der Waals surface area contributed by atoms with Crippen LogP contribution in [0.1, 0.15) is 65.7 Å². The minimum absolute atomic E-state index is 0.0347. The average molecular weight is 707 g/mol. The Morgan fingerprint density at radius 2 is 1.52 bits per heavy atom. The first-order valence-electron chi connectivity index (χ1n) is 16.4. The summed E-state index contributed by atoms with van der Waals surface area (Å²) in [6.07, 6.45) is 0.203.